The normalized spacial score (nSPS) is 19.3. The van der Waals surface area contributed by atoms with Crippen LogP contribution in [0.3, 0.4) is 0 Å². The van der Waals surface area contributed by atoms with E-state index in [0.717, 1.165) is 35.3 Å². The number of rotatable bonds is 5. The van der Waals surface area contributed by atoms with E-state index in [4.69, 9.17) is 9.47 Å². The molecule has 2 aliphatic rings. The zero-order valence-electron chi connectivity index (χ0n) is 16.1. The maximum Gasteiger partial charge on any atom is 0.259 e. The number of carbonyl (C=O) groups excluding carboxylic acids is 1. The minimum Gasteiger partial charge on any atom is -0.493 e. The highest BCUT2D eigenvalue weighted by atomic mass is 16.5. The number of nitrogens with one attached hydrogen (secondary N) is 1. The Morgan fingerprint density at radius 2 is 1.85 bits per heavy atom. The molecule has 1 aliphatic heterocycles. The lowest BCUT2D eigenvalue weighted by atomic mass is 10.1. The molecule has 27 heavy (non-hydrogen) atoms. The van der Waals surface area contributed by atoms with E-state index in [2.05, 4.69) is 12.2 Å². The summed E-state index contributed by atoms with van der Waals surface area (Å²) < 4.78 is 11.8. The Labute approximate surface area is 160 Å². The topological polar surface area (TPSA) is 50.8 Å². The third kappa shape index (κ3) is 3.01. The van der Waals surface area contributed by atoms with E-state index in [-0.39, 0.29) is 18.1 Å². The Morgan fingerprint density at radius 1 is 1.11 bits per heavy atom. The van der Waals surface area contributed by atoms with Gasteiger partial charge in [0, 0.05) is 24.7 Å². The highest BCUT2D eigenvalue weighted by Crippen LogP contribution is 2.45. The first-order chi connectivity index (χ1) is 13.1. The Hall–Kier alpha value is -2.69. The number of amides is 1. The maximum absolute atomic E-state index is 13.1. The molecule has 1 N–H and O–H groups in total. The van der Waals surface area contributed by atoms with Crippen LogP contribution in [0.15, 0.2) is 36.4 Å². The molecule has 1 unspecified atom stereocenters. The smallest absolute Gasteiger partial charge is 0.259 e. The van der Waals surface area contributed by atoms with Gasteiger partial charge in [0.2, 0.25) is 0 Å². The van der Waals surface area contributed by atoms with E-state index < -0.39 is 0 Å². The highest BCUT2D eigenvalue weighted by Gasteiger charge is 2.36. The van der Waals surface area contributed by atoms with Crippen LogP contribution in [0, 0.1) is 0 Å². The first-order valence-corrected chi connectivity index (χ1v) is 9.63. The van der Waals surface area contributed by atoms with Gasteiger partial charge in [-0.15, -0.1) is 0 Å². The molecular weight excluding hydrogens is 340 g/mol. The van der Waals surface area contributed by atoms with Crippen molar-refractivity contribution < 1.29 is 14.3 Å². The first-order valence-electron chi connectivity index (χ1n) is 9.63. The second-order valence-electron chi connectivity index (χ2n) is 7.23. The average molecular weight is 366 g/mol. The van der Waals surface area contributed by atoms with Crippen LogP contribution in [0.25, 0.3) is 0 Å². The van der Waals surface area contributed by atoms with Crippen LogP contribution >= 0.6 is 0 Å². The van der Waals surface area contributed by atoms with E-state index in [1.54, 1.807) is 7.11 Å². The van der Waals surface area contributed by atoms with Gasteiger partial charge < -0.3 is 14.8 Å². The molecule has 0 saturated heterocycles. The van der Waals surface area contributed by atoms with Gasteiger partial charge in [-0.3, -0.25) is 9.69 Å². The molecular formula is C22H26N2O3. The number of ether oxygens (including phenoxy) is 2. The van der Waals surface area contributed by atoms with Crippen molar-refractivity contribution in [1.29, 1.82) is 0 Å². The summed E-state index contributed by atoms with van der Waals surface area (Å²) >= 11 is 0. The summed E-state index contributed by atoms with van der Waals surface area (Å²) in [4.78, 5) is 15.0. The fourth-order valence-corrected chi connectivity index (χ4v) is 4.20. The molecule has 5 heteroatoms. The summed E-state index contributed by atoms with van der Waals surface area (Å²) in [6.45, 7) is 2.06. The van der Waals surface area contributed by atoms with Gasteiger partial charge in [0.25, 0.3) is 5.91 Å². The number of fused-ring (bicyclic) bond motifs is 1. The molecule has 1 heterocycles. The van der Waals surface area contributed by atoms with Crippen LogP contribution in [0.5, 0.6) is 11.5 Å². The van der Waals surface area contributed by atoms with Crippen molar-refractivity contribution in [2.45, 2.75) is 44.8 Å². The Kier molecular flexibility index (Phi) is 4.68. The van der Waals surface area contributed by atoms with Gasteiger partial charge in [-0.05, 0) is 44.2 Å². The summed E-state index contributed by atoms with van der Waals surface area (Å²) in [5, 5.41) is 3.21. The number of anilines is 2. The van der Waals surface area contributed by atoms with Crippen LogP contribution in [-0.4, -0.2) is 26.2 Å². The summed E-state index contributed by atoms with van der Waals surface area (Å²) in [5.41, 5.74) is 3.48. The van der Waals surface area contributed by atoms with Crippen LogP contribution in [0.1, 0.15) is 54.6 Å². The summed E-state index contributed by atoms with van der Waals surface area (Å²) in [7, 11) is 3.50. The van der Waals surface area contributed by atoms with Gasteiger partial charge in [0.15, 0.2) is 11.5 Å². The molecule has 0 bridgehead atoms. The molecule has 5 nitrogen and oxygen atoms in total. The lowest BCUT2D eigenvalue weighted by Crippen LogP contribution is -2.27. The molecule has 1 aliphatic carbocycles. The Morgan fingerprint density at radius 3 is 2.52 bits per heavy atom. The molecule has 142 valence electrons. The van der Waals surface area contributed by atoms with Gasteiger partial charge in [0.1, 0.15) is 0 Å². The van der Waals surface area contributed by atoms with E-state index in [1.807, 2.05) is 48.3 Å². The van der Waals surface area contributed by atoms with Gasteiger partial charge >= 0.3 is 0 Å². The van der Waals surface area contributed by atoms with Crippen molar-refractivity contribution in [3.8, 4) is 11.5 Å². The van der Waals surface area contributed by atoms with Crippen molar-refractivity contribution >= 4 is 17.3 Å². The molecule has 0 radical (unpaired) electrons. The van der Waals surface area contributed by atoms with E-state index >= 15 is 0 Å². The third-order valence-electron chi connectivity index (χ3n) is 5.65. The Bertz CT molecular complexity index is 859. The molecule has 1 fully saturated rings. The fourth-order valence-electron chi connectivity index (χ4n) is 4.20. The number of nitrogens with zero attached hydrogens (tertiary/aromatic N) is 1. The lowest BCUT2D eigenvalue weighted by Gasteiger charge is -2.27. The minimum atomic E-state index is -0.0338. The second-order valence-corrected chi connectivity index (χ2v) is 7.23. The second kappa shape index (κ2) is 7.14. The van der Waals surface area contributed by atoms with E-state index in [9.17, 15) is 4.79 Å². The minimum absolute atomic E-state index is 0.0200. The fraction of sp³-hybridized carbons (Fsp3) is 0.409. The molecule has 2 aromatic rings. The van der Waals surface area contributed by atoms with Gasteiger partial charge in [-0.1, -0.05) is 18.2 Å². The van der Waals surface area contributed by atoms with Crippen LogP contribution in [0.2, 0.25) is 0 Å². The van der Waals surface area contributed by atoms with Gasteiger partial charge in [-0.2, -0.15) is 0 Å². The molecule has 1 amide bonds. The first kappa shape index (κ1) is 17.7. The van der Waals surface area contributed by atoms with Crippen molar-refractivity contribution in [2.24, 2.45) is 0 Å². The quantitative estimate of drug-likeness (QED) is 0.827. The van der Waals surface area contributed by atoms with Gasteiger partial charge in [-0.25, -0.2) is 0 Å². The third-order valence-corrected chi connectivity index (χ3v) is 5.65. The molecule has 1 saturated carbocycles. The van der Waals surface area contributed by atoms with Crippen LogP contribution in [-0.2, 0) is 0 Å². The molecule has 2 aromatic carbocycles. The number of hydrogen-bond acceptors (Lipinski definition) is 4. The number of hydrogen-bond donors (Lipinski definition) is 1. The zero-order valence-corrected chi connectivity index (χ0v) is 16.1. The summed E-state index contributed by atoms with van der Waals surface area (Å²) in [5.74, 6) is 1.41. The van der Waals surface area contributed by atoms with Crippen molar-refractivity contribution in [2.75, 3.05) is 24.4 Å². The highest BCUT2D eigenvalue weighted by molar-refractivity contribution is 6.12. The van der Waals surface area contributed by atoms with Crippen molar-refractivity contribution in [1.82, 2.24) is 0 Å². The SMILES string of the molecule is CNc1cc(OC)c(OC2CCCC2)cc1N1C(=O)c2ccccc2C1C. The van der Waals surface area contributed by atoms with E-state index in [0.29, 0.717) is 11.5 Å². The molecule has 4 rings (SSSR count). The standard InChI is InChI=1S/C22H26N2O3/c1-14-16-10-6-7-11-17(16)22(25)24(14)19-13-21(27-15-8-4-5-9-15)20(26-3)12-18(19)23-2/h6-7,10-15,23H,4-5,8-9H2,1-3H3. The number of carbonyl (C=O) groups is 1. The van der Waals surface area contributed by atoms with Crippen molar-refractivity contribution in [3.63, 3.8) is 0 Å². The molecule has 1 atom stereocenters. The number of methoxy groups -OCH3 is 1. The van der Waals surface area contributed by atoms with Gasteiger partial charge in [0.05, 0.1) is 30.6 Å². The lowest BCUT2D eigenvalue weighted by molar-refractivity contribution is 0.0992. The maximum atomic E-state index is 13.1. The van der Waals surface area contributed by atoms with E-state index in [1.165, 1.54) is 12.8 Å². The molecule has 0 spiro atoms. The number of benzene rings is 2. The summed E-state index contributed by atoms with van der Waals surface area (Å²) in [6.07, 6.45) is 4.75. The largest absolute Gasteiger partial charge is 0.493 e. The summed E-state index contributed by atoms with van der Waals surface area (Å²) in [6, 6.07) is 11.6. The van der Waals surface area contributed by atoms with Crippen LogP contribution < -0.4 is 19.7 Å². The predicted octanol–water partition coefficient (Wildman–Crippen LogP) is 4.78. The van der Waals surface area contributed by atoms with Crippen LogP contribution in [0.4, 0.5) is 11.4 Å². The zero-order chi connectivity index (χ0) is 19.0. The average Bonchev–Trinajstić information content (AvgIpc) is 3.29. The predicted molar refractivity (Wildman–Crippen MR) is 107 cm³/mol. The monoisotopic (exact) mass is 366 g/mol. The van der Waals surface area contributed by atoms with Crippen molar-refractivity contribution in [3.05, 3.63) is 47.5 Å². The Balaban J connectivity index is 1.76. The molecule has 0 aromatic heterocycles.